The number of nitriles is 1. The number of likely N-dealkylation sites (tertiary alicyclic amines) is 1. The van der Waals surface area contributed by atoms with Gasteiger partial charge >= 0.3 is 0 Å². The molecule has 86 valence electrons. The van der Waals surface area contributed by atoms with Crippen LogP contribution in [0.1, 0.15) is 46.0 Å². The van der Waals surface area contributed by atoms with Crippen LogP contribution in [0.4, 0.5) is 0 Å². The molecule has 3 heteroatoms. The number of nitrogens with zero attached hydrogens (tertiary/aromatic N) is 2. The molecule has 0 bridgehead atoms. The Morgan fingerprint density at radius 3 is 2.60 bits per heavy atom. The normalized spacial score (nSPS) is 23.7. The molecule has 1 unspecified atom stereocenters. The summed E-state index contributed by atoms with van der Waals surface area (Å²) < 4.78 is 0. The van der Waals surface area contributed by atoms with Gasteiger partial charge in [0.25, 0.3) is 0 Å². The molecule has 1 rings (SSSR count). The molecule has 0 aliphatic carbocycles. The lowest BCUT2D eigenvalue weighted by Crippen LogP contribution is -2.48. The van der Waals surface area contributed by atoms with Crippen LogP contribution < -0.4 is 0 Å². The lowest BCUT2D eigenvalue weighted by Gasteiger charge is -2.37. The Kier molecular flexibility index (Phi) is 4.56. The first kappa shape index (κ1) is 12.5. The Balaban J connectivity index is 2.58. The highest BCUT2D eigenvalue weighted by Crippen LogP contribution is 2.22. The average molecular weight is 210 g/mol. The van der Waals surface area contributed by atoms with Crippen LogP contribution in [0.15, 0.2) is 0 Å². The molecule has 1 saturated heterocycles. The van der Waals surface area contributed by atoms with Crippen molar-refractivity contribution in [1.29, 1.82) is 5.26 Å². The van der Waals surface area contributed by atoms with Gasteiger partial charge in [0, 0.05) is 6.54 Å². The number of piperidine rings is 1. The number of β-amino-alcohol motifs (C(OH)–C–C–N with tert-alkyl or cyclic N) is 1. The smallest absolute Gasteiger partial charge is 0.0978 e. The van der Waals surface area contributed by atoms with Crippen molar-refractivity contribution < 1.29 is 5.11 Å². The van der Waals surface area contributed by atoms with E-state index in [4.69, 9.17) is 5.26 Å². The van der Waals surface area contributed by atoms with E-state index in [1.165, 1.54) is 0 Å². The van der Waals surface area contributed by atoms with Gasteiger partial charge in [0.2, 0.25) is 0 Å². The second-order valence-electron chi connectivity index (χ2n) is 4.54. The third-order valence-corrected chi connectivity index (χ3v) is 3.58. The molecule has 15 heavy (non-hydrogen) atoms. The summed E-state index contributed by atoms with van der Waals surface area (Å²) in [5.74, 6) is 0. The van der Waals surface area contributed by atoms with E-state index in [-0.39, 0.29) is 6.04 Å². The van der Waals surface area contributed by atoms with E-state index in [0.29, 0.717) is 6.54 Å². The molecule has 1 aliphatic heterocycles. The number of hydrogen-bond acceptors (Lipinski definition) is 3. The zero-order valence-corrected chi connectivity index (χ0v) is 9.87. The number of hydrogen-bond donors (Lipinski definition) is 1. The highest BCUT2D eigenvalue weighted by molar-refractivity contribution is 4.96. The van der Waals surface area contributed by atoms with E-state index in [9.17, 15) is 5.11 Å². The molecule has 0 aromatic carbocycles. The first-order valence-corrected chi connectivity index (χ1v) is 6.01. The van der Waals surface area contributed by atoms with Gasteiger partial charge in [-0.05, 0) is 38.6 Å². The van der Waals surface area contributed by atoms with Crippen LogP contribution in [0, 0.1) is 11.3 Å². The lowest BCUT2D eigenvalue weighted by molar-refractivity contribution is -0.0154. The standard InChI is InChI=1S/C12H22N2O/c1-3-12(15,4-2)10-14-8-6-5-7-11(14)9-13/h11,15H,3-8,10H2,1-2H3. The maximum atomic E-state index is 10.2. The third kappa shape index (κ3) is 3.19. The predicted octanol–water partition coefficient (Wildman–Crippen LogP) is 1.92. The molecule has 0 aromatic heterocycles. The van der Waals surface area contributed by atoms with E-state index in [2.05, 4.69) is 11.0 Å². The summed E-state index contributed by atoms with van der Waals surface area (Å²) in [5.41, 5.74) is -0.605. The fourth-order valence-corrected chi connectivity index (χ4v) is 2.18. The minimum Gasteiger partial charge on any atom is -0.389 e. The van der Waals surface area contributed by atoms with E-state index in [1.54, 1.807) is 0 Å². The molecular weight excluding hydrogens is 188 g/mol. The van der Waals surface area contributed by atoms with Gasteiger partial charge in [-0.15, -0.1) is 0 Å². The highest BCUT2D eigenvalue weighted by atomic mass is 16.3. The van der Waals surface area contributed by atoms with Crippen LogP contribution in [0.2, 0.25) is 0 Å². The lowest BCUT2D eigenvalue weighted by atomic mass is 9.94. The predicted molar refractivity (Wildman–Crippen MR) is 60.4 cm³/mol. The Morgan fingerprint density at radius 1 is 1.40 bits per heavy atom. The molecule has 0 saturated carbocycles. The second kappa shape index (κ2) is 5.48. The maximum absolute atomic E-state index is 10.2. The minimum absolute atomic E-state index is 0.0170. The van der Waals surface area contributed by atoms with Crippen LogP contribution in [0.25, 0.3) is 0 Å². The molecule has 0 radical (unpaired) electrons. The average Bonchev–Trinajstić information content (AvgIpc) is 2.29. The summed E-state index contributed by atoms with van der Waals surface area (Å²) in [5, 5.41) is 19.3. The fraction of sp³-hybridized carbons (Fsp3) is 0.917. The first-order chi connectivity index (χ1) is 7.15. The molecule has 1 heterocycles. The van der Waals surface area contributed by atoms with E-state index in [0.717, 1.165) is 38.6 Å². The Morgan fingerprint density at radius 2 is 2.07 bits per heavy atom. The summed E-state index contributed by atoms with van der Waals surface area (Å²) >= 11 is 0. The molecular formula is C12H22N2O. The molecule has 3 nitrogen and oxygen atoms in total. The summed E-state index contributed by atoms with van der Waals surface area (Å²) in [6.07, 6.45) is 4.78. The van der Waals surface area contributed by atoms with Crippen molar-refractivity contribution in [3.8, 4) is 6.07 Å². The van der Waals surface area contributed by atoms with Crippen molar-refractivity contribution in [3.05, 3.63) is 0 Å². The quantitative estimate of drug-likeness (QED) is 0.771. The van der Waals surface area contributed by atoms with Gasteiger partial charge in [-0.25, -0.2) is 0 Å². The highest BCUT2D eigenvalue weighted by Gasteiger charge is 2.30. The van der Waals surface area contributed by atoms with E-state index >= 15 is 0 Å². The molecule has 0 aromatic rings. The van der Waals surface area contributed by atoms with Gasteiger partial charge in [-0.2, -0.15) is 5.26 Å². The largest absolute Gasteiger partial charge is 0.389 e. The Labute approximate surface area is 92.7 Å². The Hall–Kier alpha value is -0.590. The van der Waals surface area contributed by atoms with Crippen molar-refractivity contribution >= 4 is 0 Å². The molecule has 0 spiro atoms. The van der Waals surface area contributed by atoms with Crippen LogP contribution in [0.3, 0.4) is 0 Å². The van der Waals surface area contributed by atoms with Crippen LogP contribution >= 0.6 is 0 Å². The van der Waals surface area contributed by atoms with Crippen molar-refractivity contribution in [1.82, 2.24) is 4.90 Å². The zero-order chi connectivity index (χ0) is 11.3. The SMILES string of the molecule is CCC(O)(CC)CN1CCCCC1C#N. The fourth-order valence-electron chi connectivity index (χ4n) is 2.18. The summed E-state index contributed by atoms with van der Waals surface area (Å²) in [7, 11) is 0. The second-order valence-corrected chi connectivity index (χ2v) is 4.54. The van der Waals surface area contributed by atoms with Crippen molar-refractivity contribution in [3.63, 3.8) is 0 Å². The summed E-state index contributed by atoms with van der Waals surface area (Å²) in [6.45, 7) is 5.63. The third-order valence-electron chi connectivity index (χ3n) is 3.58. The van der Waals surface area contributed by atoms with Gasteiger partial charge in [-0.1, -0.05) is 13.8 Å². The van der Waals surface area contributed by atoms with Gasteiger partial charge < -0.3 is 5.11 Å². The van der Waals surface area contributed by atoms with Gasteiger partial charge in [0.1, 0.15) is 0 Å². The molecule has 1 fully saturated rings. The van der Waals surface area contributed by atoms with Crippen molar-refractivity contribution in [2.45, 2.75) is 57.6 Å². The zero-order valence-electron chi connectivity index (χ0n) is 9.87. The Bertz CT molecular complexity index is 230. The topological polar surface area (TPSA) is 47.3 Å². The van der Waals surface area contributed by atoms with Gasteiger partial charge in [-0.3, -0.25) is 4.90 Å². The molecule has 0 amide bonds. The molecule has 1 N–H and O–H groups in total. The summed E-state index contributed by atoms with van der Waals surface area (Å²) in [6, 6.07) is 2.36. The van der Waals surface area contributed by atoms with E-state index < -0.39 is 5.60 Å². The van der Waals surface area contributed by atoms with Gasteiger partial charge in [0.15, 0.2) is 0 Å². The van der Waals surface area contributed by atoms with Crippen molar-refractivity contribution in [2.75, 3.05) is 13.1 Å². The first-order valence-electron chi connectivity index (χ1n) is 6.01. The van der Waals surface area contributed by atoms with Crippen molar-refractivity contribution in [2.24, 2.45) is 0 Å². The van der Waals surface area contributed by atoms with Crippen LogP contribution in [-0.4, -0.2) is 34.7 Å². The molecule has 1 atom stereocenters. The number of aliphatic hydroxyl groups is 1. The maximum Gasteiger partial charge on any atom is 0.0978 e. The summed E-state index contributed by atoms with van der Waals surface area (Å²) in [4.78, 5) is 2.15. The van der Waals surface area contributed by atoms with Crippen LogP contribution in [-0.2, 0) is 0 Å². The molecule has 1 aliphatic rings. The van der Waals surface area contributed by atoms with E-state index in [1.807, 2.05) is 13.8 Å². The minimum atomic E-state index is -0.605. The monoisotopic (exact) mass is 210 g/mol. The van der Waals surface area contributed by atoms with Gasteiger partial charge in [0.05, 0.1) is 17.7 Å². The number of rotatable bonds is 4. The van der Waals surface area contributed by atoms with Crippen LogP contribution in [0.5, 0.6) is 0 Å².